The van der Waals surface area contributed by atoms with Gasteiger partial charge in [-0.15, -0.1) is 0 Å². The molecule has 2 rings (SSSR count). The predicted octanol–water partition coefficient (Wildman–Crippen LogP) is 3.54. The summed E-state index contributed by atoms with van der Waals surface area (Å²) in [6.07, 6.45) is 1.34. The zero-order valence-electron chi connectivity index (χ0n) is 14.1. The molecule has 0 spiro atoms. The molecule has 2 aromatic rings. The van der Waals surface area contributed by atoms with Crippen molar-refractivity contribution in [3.05, 3.63) is 59.4 Å². The second-order valence-electron chi connectivity index (χ2n) is 5.64. The number of aryl methyl sites for hydroxylation is 1. The SMILES string of the molecule is CNCCCC(=O)NCc1ccc(Oc2ccc(F)cc2)c(C)c1. The summed E-state index contributed by atoms with van der Waals surface area (Å²) in [5.41, 5.74) is 1.97. The van der Waals surface area contributed by atoms with Crippen molar-refractivity contribution in [2.75, 3.05) is 13.6 Å². The zero-order valence-corrected chi connectivity index (χ0v) is 14.1. The molecule has 0 atom stereocenters. The maximum atomic E-state index is 12.9. The molecule has 0 saturated heterocycles. The summed E-state index contributed by atoms with van der Waals surface area (Å²) < 4.78 is 18.7. The molecule has 0 aliphatic rings. The Balaban J connectivity index is 1.89. The Morgan fingerprint density at radius 1 is 1.17 bits per heavy atom. The van der Waals surface area contributed by atoms with Crippen molar-refractivity contribution in [1.29, 1.82) is 0 Å². The number of rotatable bonds is 8. The fourth-order valence-electron chi connectivity index (χ4n) is 2.28. The maximum absolute atomic E-state index is 12.9. The van der Waals surface area contributed by atoms with Crippen molar-refractivity contribution >= 4 is 5.91 Å². The van der Waals surface area contributed by atoms with Gasteiger partial charge in [0.25, 0.3) is 0 Å². The molecule has 2 aromatic carbocycles. The lowest BCUT2D eigenvalue weighted by Gasteiger charge is -2.11. The Morgan fingerprint density at radius 2 is 1.92 bits per heavy atom. The fraction of sp³-hybridized carbons (Fsp3) is 0.316. The van der Waals surface area contributed by atoms with Crippen LogP contribution in [0, 0.1) is 12.7 Å². The van der Waals surface area contributed by atoms with Crippen LogP contribution in [0.3, 0.4) is 0 Å². The summed E-state index contributed by atoms with van der Waals surface area (Å²) >= 11 is 0. The number of carbonyl (C=O) groups excluding carboxylic acids is 1. The fourth-order valence-corrected chi connectivity index (χ4v) is 2.28. The Labute approximate surface area is 142 Å². The first kappa shape index (κ1) is 17.9. The van der Waals surface area contributed by atoms with E-state index in [1.807, 2.05) is 32.2 Å². The van der Waals surface area contributed by atoms with Gasteiger partial charge in [0.15, 0.2) is 0 Å². The van der Waals surface area contributed by atoms with Gasteiger partial charge in [-0.1, -0.05) is 12.1 Å². The molecule has 0 aliphatic heterocycles. The van der Waals surface area contributed by atoms with Crippen molar-refractivity contribution in [3.8, 4) is 11.5 Å². The lowest BCUT2D eigenvalue weighted by Crippen LogP contribution is -2.23. The summed E-state index contributed by atoms with van der Waals surface area (Å²) in [4.78, 5) is 11.7. The highest BCUT2D eigenvalue weighted by atomic mass is 19.1. The largest absolute Gasteiger partial charge is 0.457 e. The lowest BCUT2D eigenvalue weighted by atomic mass is 10.1. The van der Waals surface area contributed by atoms with Crippen LogP contribution >= 0.6 is 0 Å². The molecule has 0 unspecified atom stereocenters. The Bertz CT molecular complexity index is 672. The number of nitrogens with one attached hydrogen (secondary N) is 2. The first-order valence-corrected chi connectivity index (χ1v) is 8.02. The molecular weight excluding hydrogens is 307 g/mol. The van der Waals surface area contributed by atoms with Gasteiger partial charge in [0.2, 0.25) is 5.91 Å². The van der Waals surface area contributed by atoms with Gasteiger partial charge in [-0.2, -0.15) is 0 Å². The van der Waals surface area contributed by atoms with Crippen LogP contribution < -0.4 is 15.4 Å². The van der Waals surface area contributed by atoms with Crippen LogP contribution in [0.2, 0.25) is 0 Å². The highest BCUT2D eigenvalue weighted by molar-refractivity contribution is 5.75. The number of benzene rings is 2. The molecule has 0 fully saturated rings. The van der Waals surface area contributed by atoms with Gasteiger partial charge in [0.05, 0.1) is 0 Å². The summed E-state index contributed by atoms with van der Waals surface area (Å²) in [6, 6.07) is 11.7. The van der Waals surface area contributed by atoms with E-state index in [2.05, 4.69) is 10.6 Å². The third-order valence-electron chi connectivity index (χ3n) is 3.60. The maximum Gasteiger partial charge on any atom is 0.220 e. The van der Waals surface area contributed by atoms with Gasteiger partial charge in [-0.3, -0.25) is 4.79 Å². The van der Waals surface area contributed by atoms with E-state index in [1.54, 1.807) is 12.1 Å². The third-order valence-corrected chi connectivity index (χ3v) is 3.60. The molecule has 24 heavy (non-hydrogen) atoms. The van der Waals surface area contributed by atoms with Crippen LogP contribution in [-0.2, 0) is 11.3 Å². The molecule has 4 nitrogen and oxygen atoms in total. The van der Waals surface area contributed by atoms with E-state index in [0.717, 1.165) is 24.1 Å². The molecule has 0 bridgehead atoms. The van der Waals surface area contributed by atoms with E-state index in [-0.39, 0.29) is 11.7 Å². The molecule has 2 N–H and O–H groups in total. The second-order valence-corrected chi connectivity index (χ2v) is 5.64. The molecule has 1 amide bonds. The number of hydrogen-bond donors (Lipinski definition) is 2. The number of hydrogen-bond acceptors (Lipinski definition) is 3. The Hall–Kier alpha value is -2.40. The van der Waals surface area contributed by atoms with Crippen LogP contribution in [0.15, 0.2) is 42.5 Å². The first-order valence-electron chi connectivity index (χ1n) is 8.02. The van der Waals surface area contributed by atoms with Gasteiger partial charge < -0.3 is 15.4 Å². The molecule has 0 radical (unpaired) electrons. The minimum absolute atomic E-state index is 0.0505. The second kappa shape index (κ2) is 9.03. The topological polar surface area (TPSA) is 50.4 Å². The quantitative estimate of drug-likeness (QED) is 0.728. The van der Waals surface area contributed by atoms with Crippen LogP contribution in [0.1, 0.15) is 24.0 Å². The van der Waals surface area contributed by atoms with Crippen molar-refractivity contribution in [2.24, 2.45) is 0 Å². The minimum atomic E-state index is -0.292. The van der Waals surface area contributed by atoms with E-state index in [1.165, 1.54) is 12.1 Å². The highest BCUT2D eigenvalue weighted by Gasteiger charge is 2.05. The van der Waals surface area contributed by atoms with Crippen molar-refractivity contribution in [1.82, 2.24) is 10.6 Å². The average molecular weight is 330 g/mol. The smallest absolute Gasteiger partial charge is 0.220 e. The van der Waals surface area contributed by atoms with E-state index >= 15 is 0 Å². The number of ether oxygens (including phenoxy) is 1. The monoisotopic (exact) mass is 330 g/mol. The summed E-state index contributed by atoms with van der Waals surface area (Å²) in [5, 5.41) is 5.93. The third kappa shape index (κ3) is 5.66. The van der Waals surface area contributed by atoms with Gasteiger partial charge in [-0.05, 0) is 68.4 Å². The van der Waals surface area contributed by atoms with Crippen molar-refractivity contribution in [2.45, 2.75) is 26.3 Å². The normalized spacial score (nSPS) is 10.5. The Kier molecular flexibility index (Phi) is 6.75. The number of halogens is 1. The van der Waals surface area contributed by atoms with E-state index in [9.17, 15) is 9.18 Å². The summed E-state index contributed by atoms with van der Waals surface area (Å²) in [7, 11) is 1.87. The molecular formula is C19H23FN2O2. The van der Waals surface area contributed by atoms with Crippen molar-refractivity contribution in [3.63, 3.8) is 0 Å². The van der Waals surface area contributed by atoms with E-state index in [0.29, 0.717) is 24.5 Å². The first-order chi connectivity index (χ1) is 11.6. The molecule has 128 valence electrons. The van der Waals surface area contributed by atoms with Crippen LogP contribution in [0.25, 0.3) is 0 Å². The predicted molar refractivity (Wildman–Crippen MR) is 92.7 cm³/mol. The lowest BCUT2D eigenvalue weighted by molar-refractivity contribution is -0.121. The summed E-state index contributed by atoms with van der Waals surface area (Å²) in [6.45, 7) is 3.27. The standard InChI is InChI=1S/C19H23FN2O2/c1-14-12-15(13-22-19(23)4-3-11-21-2)5-10-18(14)24-17-8-6-16(20)7-9-17/h5-10,12,21H,3-4,11,13H2,1-2H3,(H,22,23). The molecule has 0 saturated carbocycles. The van der Waals surface area contributed by atoms with E-state index < -0.39 is 0 Å². The van der Waals surface area contributed by atoms with Crippen LogP contribution in [-0.4, -0.2) is 19.5 Å². The molecule has 5 heteroatoms. The van der Waals surface area contributed by atoms with Gasteiger partial charge in [0, 0.05) is 13.0 Å². The number of carbonyl (C=O) groups is 1. The van der Waals surface area contributed by atoms with Crippen LogP contribution in [0.5, 0.6) is 11.5 Å². The van der Waals surface area contributed by atoms with E-state index in [4.69, 9.17) is 4.74 Å². The molecule has 0 aromatic heterocycles. The molecule has 0 aliphatic carbocycles. The molecule has 0 heterocycles. The highest BCUT2D eigenvalue weighted by Crippen LogP contribution is 2.25. The minimum Gasteiger partial charge on any atom is -0.457 e. The van der Waals surface area contributed by atoms with Gasteiger partial charge in [-0.25, -0.2) is 4.39 Å². The van der Waals surface area contributed by atoms with Gasteiger partial charge in [0.1, 0.15) is 17.3 Å². The van der Waals surface area contributed by atoms with Crippen LogP contribution in [0.4, 0.5) is 4.39 Å². The van der Waals surface area contributed by atoms with Gasteiger partial charge >= 0.3 is 0 Å². The number of amides is 1. The summed E-state index contributed by atoms with van der Waals surface area (Å²) in [5.74, 6) is 1.06. The van der Waals surface area contributed by atoms with Crippen molar-refractivity contribution < 1.29 is 13.9 Å². The Morgan fingerprint density at radius 3 is 2.58 bits per heavy atom. The zero-order chi connectivity index (χ0) is 17.4. The average Bonchev–Trinajstić information content (AvgIpc) is 2.57.